The SMILES string of the molecule is COc1ccc(C(=O)O)c(OCC(=O)N(Cc2ccc(C)cc2)[C@@H](C)c2ccccc2)c1. The van der Waals surface area contributed by atoms with Gasteiger partial charge in [-0.2, -0.15) is 0 Å². The molecule has 0 aliphatic rings. The standard InChI is InChI=1S/C26H27NO5/c1-18-9-11-20(12-10-18)16-27(19(2)21-7-5-4-6-8-21)25(28)17-32-24-15-22(31-3)13-14-23(24)26(29)30/h4-15,19H,16-17H2,1-3H3,(H,29,30)/t19-/m0/s1. The van der Waals surface area contributed by atoms with Gasteiger partial charge in [-0.3, -0.25) is 4.79 Å². The fourth-order valence-corrected chi connectivity index (χ4v) is 3.39. The average molecular weight is 434 g/mol. The van der Waals surface area contributed by atoms with Crippen molar-refractivity contribution in [1.29, 1.82) is 0 Å². The van der Waals surface area contributed by atoms with Crippen LogP contribution in [0.4, 0.5) is 0 Å². The van der Waals surface area contributed by atoms with E-state index in [0.717, 1.165) is 16.7 Å². The first kappa shape index (κ1) is 22.9. The first-order valence-electron chi connectivity index (χ1n) is 10.3. The molecular formula is C26H27NO5. The molecular weight excluding hydrogens is 406 g/mol. The number of hydrogen-bond acceptors (Lipinski definition) is 4. The number of ether oxygens (including phenoxy) is 2. The summed E-state index contributed by atoms with van der Waals surface area (Å²) in [5, 5.41) is 9.44. The second-order valence-electron chi connectivity index (χ2n) is 7.55. The summed E-state index contributed by atoms with van der Waals surface area (Å²) >= 11 is 0. The molecule has 1 amide bonds. The lowest BCUT2D eigenvalue weighted by atomic mass is 10.1. The number of hydrogen-bond donors (Lipinski definition) is 1. The Hall–Kier alpha value is -3.80. The maximum atomic E-state index is 13.3. The van der Waals surface area contributed by atoms with E-state index < -0.39 is 5.97 Å². The molecule has 6 nitrogen and oxygen atoms in total. The number of rotatable bonds is 9. The van der Waals surface area contributed by atoms with Crippen LogP contribution in [-0.2, 0) is 11.3 Å². The normalized spacial score (nSPS) is 11.5. The number of methoxy groups -OCH3 is 1. The molecule has 3 aromatic carbocycles. The second-order valence-corrected chi connectivity index (χ2v) is 7.55. The summed E-state index contributed by atoms with van der Waals surface area (Å²) in [6.45, 7) is 4.09. The van der Waals surface area contributed by atoms with Gasteiger partial charge in [0.05, 0.1) is 13.2 Å². The summed E-state index contributed by atoms with van der Waals surface area (Å²) < 4.78 is 10.8. The zero-order chi connectivity index (χ0) is 23.1. The van der Waals surface area contributed by atoms with Crippen LogP contribution in [0.25, 0.3) is 0 Å². The van der Waals surface area contributed by atoms with Gasteiger partial charge >= 0.3 is 5.97 Å². The van der Waals surface area contributed by atoms with Gasteiger partial charge in [-0.25, -0.2) is 4.79 Å². The zero-order valence-corrected chi connectivity index (χ0v) is 18.4. The van der Waals surface area contributed by atoms with E-state index >= 15 is 0 Å². The van der Waals surface area contributed by atoms with E-state index in [0.29, 0.717) is 12.3 Å². The van der Waals surface area contributed by atoms with Gasteiger partial charge in [0.25, 0.3) is 5.91 Å². The fraction of sp³-hybridized carbons (Fsp3) is 0.231. The van der Waals surface area contributed by atoms with E-state index in [9.17, 15) is 14.7 Å². The minimum atomic E-state index is -1.13. The van der Waals surface area contributed by atoms with Crippen molar-refractivity contribution in [1.82, 2.24) is 4.90 Å². The highest BCUT2D eigenvalue weighted by molar-refractivity contribution is 5.91. The summed E-state index contributed by atoms with van der Waals surface area (Å²) in [6.07, 6.45) is 0. The van der Waals surface area contributed by atoms with E-state index in [1.807, 2.05) is 68.4 Å². The van der Waals surface area contributed by atoms with E-state index in [-0.39, 0.29) is 29.9 Å². The molecule has 0 radical (unpaired) electrons. The zero-order valence-electron chi connectivity index (χ0n) is 18.4. The number of benzene rings is 3. The van der Waals surface area contributed by atoms with Crippen LogP contribution in [0.2, 0.25) is 0 Å². The Labute approximate surface area is 188 Å². The van der Waals surface area contributed by atoms with Crippen LogP contribution < -0.4 is 9.47 Å². The van der Waals surface area contributed by atoms with Crippen molar-refractivity contribution in [2.45, 2.75) is 26.4 Å². The van der Waals surface area contributed by atoms with Crippen molar-refractivity contribution in [3.8, 4) is 11.5 Å². The van der Waals surface area contributed by atoms with Crippen LogP contribution in [0.1, 0.15) is 40.0 Å². The molecule has 3 aromatic rings. The number of carbonyl (C=O) groups excluding carboxylic acids is 1. The van der Waals surface area contributed by atoms with Gasteiger partial charge in [-0.15, -0.1) is 0 Å². The third-order valence-electron chi connectivity index (χ3n) is 5.31. The van der Waals surface area contributed by atoms with Crippen LogP contribution in [-0.4, -0.2) is 35.6 Å². The van der Waals surface area contributed by atoms with Crippen molar-refractivity contribution >= 4 is 11.9 Å². The van der Waals surface area contributed by atoms with Crippen LogP contribution in [0.15, 0.2) is 72.8 Å². The van der Waals surface area contributed by atoms with Gasteiger partial charge in [0.15, 0.2) is 6.61 Å². The van der Waals surface area contributed by atoms with Crippen molar-refractivity contribution in [2.75, 3.05) is 13.7 Å². The average Bonchev–Trinajstić information content (AvgIpc) is 2.82. The maximum absolute atomic E-state index is 13.3. The summed E-state index contributed by atoms with van der Waals surface area (Å²) in [4.78, 5) is 26.5. The van der Waals surface area contributed by atoms with E-state index in [2.05, 4.69) is 0 Å². The molecule has 0 saturated carbocycles. The number of carbonyl (C=O) groups is 2. The molecule has 0 heterocycles. The van der Waals surface area contributed by atoms with E-state index in [4.69, 9.17) is 9.47 Å². The Kier molecular flexibility index (Phi) is 7.49. The molecule has 0 fully saturated rings. The third kappa shape index (κ3) is 5.66. The quantitative estimate of drug-likeness (QED) is 0.521. The number of amides is 1. The Morgan fingerprint density at radius 3 is 2.31 bits per heavy atom. The molecule has 166 valence electrons. The minimum Gasteiger partial charge on any atom is -0.497 e. The van der Waals surface area contributed by atoms with Crippen molar-refractivity contribution in [3.63, 3.8) is 0 Å². The number of nitrogens with zero attached hydrogens (tertiary/aromatic N) is 1. The number of aromatic carboxylic acids is 1. The summed E-state index contributed by atoms with van der Waals surface area (Å²) in [6, 6.07) is 22.0. The molecule has 1 N–H and O–H groups in total. The van der Waals surface area contributed by atoms with Gasteiger partial charge in [-0.1, -0.05) is 60.2 Å². The molecule has 0 aliphatic heterocycles. The second kappa shape index (κ2) is 10.5. The number of carboxylic acid groups (broad SMARTS) is 1. The van der Waals surface area contributed by atoms with Gasteiger partial charge in [0, 0.05) is 12.6 Å². The highest BCUT2D eigenvalue weighted by Gasteiger charge is 2.23. The van der Waals surface area contributed by atoms with Gasteiger partial charge in [-0.05, 0) is 37.1 Å². The van der Waals surface area contributed by atoms with Crippen molar-refractivity contribution in [2.24, 2.45) is 0 Å². The largest absolute Gasteiger partial charge is 0.497 e. The topological polar surface area (TPSA) is 76.1 Å². The lowest BCUT2D eigenvalue weighted by Crippen LogP contribution is -2.36. The Morgan fingerprint density at radius 1 is 1.00 bits per heavy atom. The summed E-state index contributed by atoms with van der Waals surface area (Å²) in [5.41, 5.74) is 3.12. The highest BCUT2D eigenvalue weighted by atomic mass is 16.5. The van der Waals surface area contributed by atoms with Crippen LogP contribution in [0.5, 0.6) is 11.5 Å². The molecule has 0 unspecified atom stereocenters. The number of carboxylic acids is 1. The minimum absolute atomic E-state index is 0.0280. The molecule has 32 heavy (non-hydrogen) atoms. The molecule has 0 aliphatic carbocycles. The molecule has 0 aromatic heterocycles. The van der Waals surface area contributed by atoms with Gasteiger partial charge < -0.3 is 19.5 Å². The summed E-state index contributed by atoms with van der Waals surface area (Å²) in [5.74, 6) is -0.843. The lowest BCUT2D eigenvalue weighted by molar-refractivity contribution is -0.136. The highest BCUT2D eigenvalue weighted by Crippen LogP contribution is 2.26. The van der Waals surface area contributed by atoms with Crippen LogP contribution in [0.3, 0.4) is 0 Å². The fourth-order valence-electron chi connectivity index (χ4n) is 3.39. The molecule has 6 heteroatoms. The Bertz CT molecular complexity index is 1060. The predicted molar refractivity (Wildman–Crippen MR) is 122 cm³/mol. The smallest absolute Gasteiger partial charge is 0.339 e. The van der Waals surface area contributed by atoms with Crippen LogP contribution >= 0.6 is 0 Å². The van der Waals surface area contributed by atoms with Crippen LogP contribution in [0, 0.1) is 6.92 Å². The molecule has 1 atom stereocenters. The van der Waals surface area contributed by atoms with Crippen molar-refractivity contribution in [3.05, 3.63) is 95.1 Å². The molecule has 0 saturated heterocycles. The predicted octanol–water partition coefficient (Wildman–Crippen LogP) is 4.87. The molecule has 0 spiro atoms. The van der Waals surface area contributed by atoms with Crippen molar-refractivity contribution < 1.29 is 24.2 Å². The lowest BCUT2D eigenvalue weighted by Gasteiger charge is -2.30. The third-order valence-corrected chi connectivity index (χ3v) is 5.31. The summed E-state index contributed by atoms with van der Waals surface area (Å²) in [7, 11) is 1.48. The Balaban J connectivity index is 1.83. The maximum Gasteiger partial charge on any atom is 0.339 e. The van der Waals surface area contributed by atoms with E-state index in [1.165, 1.54) is 19.2 Å². The first-order valence-corrected chi connectivity index (χ1v) is 10.3. The van der Waals surface area contributed by atoms with Gasteiger partial charge in [0.1, 0.15) is 17.1 Å². The molecule has 3 rings (SSSR count). The van der Waals surface area contributed by atoms with Gasteiger partial charge in [0.2, 0.25) is 0 Å². The van der Waals surface area contributed by atoms with E-state index in [1.54, 1.807) is 11.0 Å². The Morgan fingerprint density at radius 2 is 1.69 bits per heavy atom. The number of aryl methyl sites for hydroxylation is 1. The first-order chi connectivity index (χ1) is 15.4. The molecule has 0 bridgehead atoms. The monoisotopic (exact) mass is 433 g/mol.